The molecule has 208 valence electrons. The molecule has 0 saturated heterocycles. The van der Waals surface area contributed by atoms with E-state index in [2.05, 4.69) is 32.4 Å². The van der Waals surface area contributed by atoms with E-state index in [-0.39, 0.29) is 31.7 Å². The number of carbonyl (C=O) groups is 1. The molecule has 39 heavy (non-hydrogen) atoms. The van der Waals surface area contributed by atoms with Crippen LogP contribution >= 0.6 is 0 Å². The van der Waals surface area contributed by atoms with Crippen molar-refractivity contribution in [3.63, 3.8) is 0 Å². The first-order chi connectivity index (χ1) is 18.5. The van der Waals surface area contributed by atoms with E-state index in [0.717, 1.165) is 29.5 Å². The smallest absolute Gasteiger partial charge is 0.261 e. The average Bonchev–Trinajstić information content (AvgIpc) is 3.46. The van der Waals surface area contributed by atoms with Crippen LogP contribution < -0.4 is 5.73 Å². The fourth-order valence-corrected chi connectivity index (χ4v) is 4.08. The molecule has 5 rings (SSSR count). The molecule has 0 radical (unpaired) electrons. The number of aromatic nitrogens is 6. The number of nitrogens with zero attached hydrogens (tertiary/aromatic N) is 7. The van der Waals surface area contributed by atoms with Crippen molar-refractivity contribution in [2.24, 2.45) is 5.92 Å². The molecule has 1 aliphatic rings. The van der Waals surface area contributed by atoms with Crippen LogP contribution in [0.1, 0.15) is 51.4 Å². The van der Waals surface area contributed by atoms with Crippen molar-refractivity contribution in [2.45, 2.75) is 46.6 Å². The standard InChI is InChI=1S/C25H28N8O3.C2H6.CH4/c1-32(9-10-35-2)21(34)15-33-14-20(13-29-33)24-30-23(31-36-24)22(18-7-8-18)17-5-3-16(4-6-17)19-11-27-25(26)28-12-19;1-2;/h3-6,11-14,18,22H,7-10,15H2,1-2H3,(H2,26,27,28);1-2H3;1H4. The molecule has 1 aliphatic carbocycles. The summed E-state index contributed by atoms with van der Waals surface area (Å²) in [6, 6.07) is 8.28. The van der Waals surface area contributed by atoms with Gasteiger partial charge in [-0.3, -0.25) is 9.48 Å². The molecule has 1 saturated carbocycles. The minimum atomic E-state index is -0.0595. The number of nitrogens with two attached hydrogens (primary N) is 1. The predicted molar refractivity (Wildman–Crippen MR) is 150 cm³/mol. The van der Waals surface area contributed by atoms with Gasteiger partial charge < -0.3 is 19.9 Å². The van der Waals surface area contributed by atoms with Crippen molar-refractivity contribution in [3.05, 3.63) is 60.4 Å². The van der Waals surface area contributed by atoms with Gasteiger partial charge in [0.15, 0.2) is 5.82 Å². The Hall–Kier alpha value is -4.12. The van der Waals surface area contributed by atoms with Gasteiger partial charge in [0.05, 0.1) is 24.3 Å². The Morgan fingerprint density at radius 1 is 1.13 bits per heavy atom. The molecule has 11 nitrogen and oxygen atoms in total. The van der Waals surface area contributed by atoms with Gasteiger partial charge in [0.2, 0.25) is 11.9 Å². The largest absolute Gasteiger partial charge is 0.383 e. The van der Waals surface area contributed by atoms with Gasteiger partial charge in [-0.2, -0.15) is 10.1 Å². The van der Waals surface area contributed by atoms with Gasteiger partial charge in [-0.05, 0) is 29.9 Å². The van der Waals surface area contributed by atoms with E-state index >= 15 is 0 Å². The molecular weight excluding hydrogens is 496 g/mol. The maximum atomic E-state index is 12.4. The van der Waals surface area contributed by atoms with E-state index in [1.807, 2.05) is 26.0 Å². The Morgan fingerprint density at radius 2 is 1.82 bits per heavy atom. The number of benzene rings is 1. The number of hydrogen-bond donors (Lipinski definition) is 1. The number of hydrogen-bond acceptors (Lipinski definition) is 9. The fraction of sp³-hybridized carbons (Fsp3) is 0.429. The Bertz CT molecular complexity index is 1310. The van der Waals surface area contributed by atoms with Crippen LogP contribution in [0.3, 0.4) is 0 Å². The van der Waals surface area contributed by atoms with Crippen LogP contribution in [0.15, 0.2) is 53.6 Å². The van der Waals surface area contributed by atoms with Gasteiger partial charge in [0, 0.05) is 44.9 Å². The Morgan fingerprint density at radius 3 is 2.46 bits per heavy atom. The zero-order chi connectivity index (χ0) is 27.1. The topological polar surface area (TPSA) is 138 Å². The van der Waals surface area contributed by atoms with Crippen molar-refractivity contribution in [1.29, 1.82) is 0 Å². The maximum Gasteiger partial charge on any atom is 0.261 e. The summed E-state index contributed by atoms with van der Waals surface area (Å²) in [5.74, 6) is 1.76. The third-order valence-corrected chi connectivity index (χ3v) is 6.32. The summed E-state index contributed by atoms with van der Waals surface area (Å²) in [5, 5.41) is 8.60. The molecule has 3 heterocycles. The molecule has 0 aliphatic heterocycles. The fourth-order valence-electron chi connectivity index (χ4n) is 4.08. The first kappa shape index (κ1) is 29.4. The molecule has 0 bridgehead atoms. The quantitative estimate of drug-likeness (QED) is 0.316. The summed E-state index contributed by atoms with van der Waals surface area (Å²) < 4.78 is 12.2. The minimum absolute atomic E-state index is 0. The summed E-state index contributed by atoms with van der Waals surface area (Å²) in [6.07, 6.45) is 9.06. The highest BCUT2D eigenvalue weighted by molar-refractivity contribution is 5.75. The van der Waals surface area contributed by atoms with E-state index in [0.29, 0.717) is 36.3 Å². The normalized spacial score (nSPS) is 13.1. The minimum Gasteiger partial charge on any atom is -0.383 e. The molecule has 3 aromatic heterocycles. The number of rotatable bonds is 10. The molecule has 11 heteroatoms. The van der Waals surface area contributed by atoms with Crippen LogP contribution in [0.4, 0.5) is 5.95 Å². The molecule has 4 aromatic rings. The first-order valence-electron chi connectivity index (χ1n) is 12.8. The van der Waals surface area contributed by atoms with Crippen molar-refractivity contribution >= 4 is 11.9 Å². The summed E-state index contributed by atoms with van der Waals surface area (Å²) in [4.78, 5) is 26.8. The van der Waals surface area contributed by atoms with E-state index in [1.165, 1.54) is 0 Å². The van der Waals surface area contributed by atoms with E-state index < -0.39 is 0 Å². The van der Waals surface area contributed by atoms with Crippen molar-refractivity contribution in [1.82, 2.24) is 34.8 Å². The summed E-state index contributed by atoms with van der Waals surface area (Å²) >= 11 is 0. The first-order valence-corrected chi connectivity index (χ1v) is 12.8. The molecular formula is C28H38N8O3. The second kappa shape index (κ2) is 13.6. The lowest BCUT2D eigenvalue weighted by Gasteiger charge is -2.16. The van der Waals surface area contributed by atoms with Gasteiger partial charge >= 0.3 is 0 Å². The number of likely N-dealkylation sites (N-methyl/N-ethyl adjacent to an activating group) is 1. The van der Waals surface area contributed by atoms with Gasteiger partial charge in [0.25, 0.3) is 5.89 Å². The Kier molecular flexibility index (Phi) is 10.3. The van der Waals surface area contributed by atoms with Gasteiger partial charge in [-0.15, -0.1) is 0 Å². The second-order valence-corrected chi connectivity index (χ2v) is 8.96. The molecule has 2 N–H and O–H groups in total. The number of methoxy groups -OCH3 is 1. The predicted octanol–water partition coefficient (Wildman–Crippen LogP) is 4.28. The molecule has 1 fully saturated rings. The highest BCUT2D eigenvalue weighted by Crippen LogP contribution is 2.46. The third kappa shape index (κ3) is 7.26. The Balaban J connectivity index is 0.00000137. The van der Waals surface area contributed by atoms with Crippen LogP contribution in [0.25, 0.3) is 22.6 Å². The number of ether oxygens (including phenoxy) is 1. The number of nitrogen functional groups attached to an aromatic ring is 1. The SMILES string of the molecule is C.CC.COCCN(C)C(=O)Cn1cc(-c2nc(C(c3ccc(-c4cnc(N)nc4)cc3)C3CC3)no2)cn1. The van der Waals surface area contributed by atoms with Crippen molar-refractivity contribution in [3.8, 4) is 22.6 Å². The number of amides is 1. The van der Waals surface area contributed by atoms with Crippen LogP contribution in [-0.4, -0.2) is 68.0 Å². The Labute approximate surface area is 229 Å². The van der Waals surface area contributed by atoms with Gasteiger partial charge in [-0.1, -0.05) is 50.7 Å². The second-order valence-electron chi connectivity index (χ2n) is 8.96. The highest BCUT2D eigenvalue weighted by atomic mass is 16.5. The summed E-state index contributed by atoms with van der Waals surface area (Å²) in [7, 11) is 3.35. The van der Waals surface area contributed by atoms with E-state index in [9.17, 15) is 4.79 Å². The van der Waals surface area contributed by atoms with E-state index in [4.69, 9.17) is 20.0 Å². The van der Waals surface area contributed by atoms with Crippen LogP contribution in [0.5, 0.6) is 0 Å². The molecule has 1 aromatic carbocycles. The van der Waals surface area contributed by atoms with Crippen LogP contribution in [-0.2, 0) is 16.1 Å². The lowest BCUT2D eigenvalue weighted by Crippen LogP contribution is -2.32. The van der Waals surface area contributed by atoms with Crippen LogP contribution in [0, 0.1) is 5.92 Å². The van der Waals surface area contributed by atoms with Crippen molar-refractivity contribution in [2.75, 3.05) is 33.0 Å². The lowest BCUT2D eigenvalue weighted by molar-refractivity contribution is -0.131. The molecule has 1 amide bonds. The average molecular weight is 535 g/mol. The lowest BCUT2D eigenvalue weighted by atomic mass is 9.92. The highest BCUT2D eigenvalue weighted by Gasteiger charge is 2.36. The van der Waals surface area contributed by atoms with Crippen molar-refractivity contribution < 1.29 is 14.1 Å². The zero-order valence-electron chi connectivity index (χ0n) is 22.2. The van der Waals surface area contributed by atoms with E-state index in [1.54, 1.807) is 48.5 Å². The van der Waals surface area contributed by atoms with Crippen LogP contribution in [0.2, 0.25) is 0 Å². The molecule has 1 unspecified atom stereocenters. The van der Waals surface area contributed by atoms with Gasteiger partial charge in [-0.25, -0.2) is 9.97 Å². The third-order valence-electron chi connectivity index (χ3n) is 6.32. The molecule has 1 atom stereocenters. The number of carbonyl (C=O) groups excluding carboxylic acids is 1. The maximum absolute atomic E-state index is 12.4. The monoisotopic (exact) mass is 534 g/mol. The summed E-state index contributed by atoms with van der Waals surface area (Å²) in [6.45, 7) is 5.13. The van der Waals surface area contributed by atoms with Gasteiger partial charge in [0.1, 0.15) is 6.54 Å². The number of anilines is 1. The zero-order valence-corrected chi connectivity index (χ0v) is 22.2. The molecule has 0 spiro atoms. The summed E-state index contributed by atoms with van der Waals surface area (Å²) in [5.41, 5.74) is 9.32.